The van der Waals surface area contributed by atoms with Gasteiger partial charge in [-0.25, -0.2) is 19.9 Å². The van der Waals surface area contributed by atoms with Crippen LogP contribution >= 0.6 is 0 Å². The van der Waals surface area contributed by atoms with Crippen molar-refractivity contribution in [1.29, 1.82) is 0 Å². The number of aryl methyl sites for hydroxylation is 2. The molecule has 0 fully saturated rings. The number of hydrogen-bond acceptors (Lipinski definition) is 4. The highest BCUT2D eigenvalue weighted by Crippen LogP contribution is 2.42. The van der Waals surface area contributed by atoms with Crippen molar-refractivity contribution in [3.05, 3.63) is 217 Å². The van der Waals surface area contributed by atoms with E-state index in [0.717, 1.165) is 133 Å². The van der Waals surface area contributed by atoms with Gasteiger partial charge in [-0.3, -0.25) is 0 Å². The second-order valence-corrected chi connectivity index (χ2v) is 17.0. The van der Waals surface area contributed by atoms with Crippen molar-refractivity contribution in [1.82, 2.24) is 19.9 Å². The quantitative estimate of drug-likeness (QED) is 0.143. The van der Waals surface area contributed by atoms with E-state index in [9.17, 15) is 0 Å². The first-order valence-corrected chi connectivity index (χ1v) is 22.6. The number of nitrogens with zero attached hydrogens (tertiary/aromatic N) is 4. The molecule has 0 aliphatic carbocycles. The minimum absolute atomic E-state index is 0.878. The minimum atomic E-state index is 0.878. The Hall–Kier alpha value is -8.34. The van der Waals surface area contributed by atoms with Gasteiger partial charge in [-0.15, -0.1) is 0 Å². The fourth-order valence-electron chi connectivity index (χ4n) is 9.57. The average Bonchev–Trinajstić information content (AvgIpc) is 3.37. The number of fused-ring (bicyclic) bond motifs is 6. The van der Waals surface area contributed by atoms with Crippen LogP contribution in [0.1, 0.15) is 36.4 Å². The first-order valence-electron chi connectivity index (χ1n) is 22.6. The number of hydrogen-bond donors (Lipinski definition) is 0. The third-order valence-electron chi connectivity index (χ3n) is 12.7. The van der Waals surface area contributed by atoms with Gasteiger partial charge in [0.1, 0.15) is 0 Å². The highest BCUT2D eigenvalue weighted by Gasteiger charge is 2.20. The third-order valence-corrected chi connectivity index (χ3v) is 12.7. The predicted octanol–water partition coefficient (Wildman–Crippen LogP) is 16.6. The minimum Gasteiger partial charge on any atom is -0.246 e. The molecule has 66 heavy (non-hydrogen) atoms. The first-order chi connectivity index (χ1) is 32.4. The zero-order valence-corrected chi connectivity index (χ0v) is 37.4. The molecule has 11 aromatic rings. The zero-order valence-electron chi connectivity index (χ0n) is 37.4. The van der Waals surface area contributed by atoms with Gasteiger partial charge in [0.15, 0.2) is 0 Å². The maximum absolute atomic E-state index is 5.57. The van der Waals surface area contributed by atoms with Gasteiger partial charge in [0.2, 0.25) is 0 Å². The van der Waals surface area contributed by atoms with Crippen LogP contribution in [-0.2, 0) is 0 Å². The van der Waals surface area contributed by atoms with Crippen LogP contribution in [0.5, 0.6) is 0 Å². The second kappa shape index (κ2) is 17.0. The van der Waals surface area contributed by atoms with Gasteiger partial charge in [-0.2, -0.15) is 0 Å². The SMILES string of the molecule is CC=Cc1cc(-c2ccccc2)c2ccc3c(-c4ccccc4)cc(-c4cc(C)c(-c5cc(-c6ccccc6)c6ccc7c(-c8ccccc8)cc(C=CC)nc7c6n5)cc4C)nc3c2n1. The van der Waals surface area contributed by atoms with Crippen molar-refractivity contribution in [2.75, 3.05) is 0 Å². The molecule has 0 bridgehead atoms. The van der Waals surface area contributed by atoms with Crippen molar-refractivity contribution >= 4 is 55.8 Å². The van der Waals surface area contributed by atoms with Crippen molar-refractivity contribution in [3.8, 4) is 67.0 Å². The fourth-order valence-corrected chi connectivity index (χ4v) is 9.57. The molecule has 0 spiro atoms. The molecule has 0 saturated heterocycles. The molecule has 314 valence electrons. The lowest BCUT2D eigenvalue weighted by Crippen LogP contribution is -1.98. The highest BCUT2D eigenvalue weighted by atomic mass is 14.8. The Balaban J connectivity index is 1.15. The number of pyridine rings is 4. The number of aromatic nitrogens is 4. The lowest BCUT2D eigenvalue weighted by molar-refractivity contribution is 1.30. The molecule has 11 rings (SSSR count). The van der Waals surface area contributed by atoms with Gasteiger partial charge < -0.3 is 0 Å². The van der Waals surface area contributed by atoms with E-state index >= 15 is 0 Å². The van der Waals surface area contributed by atoms with E-state index in [1.54, 1.807) is 0 Å². The Morgan fingerprint density at radius 1 is 0.303 bits per heavy atom. The fraction of sp³-hybridized carbons (Fsp3) is 0.0645. The van der Waals surface area contributed by atoms with E-state index in [1.807, 2.05) is 26.0 Å². The third kappa shape index (κ3) is 7.23. The number of allylic oxidation sites excluding steroid dienone is 2. The summed E-state index contributed by atoms with van der Waals surface area (Å²) in [5, 5.41) is 4.27. The monoisotopic (exact) mass is 846 g/mol. The molecule has 0 unspecified atom stereocenters. The Labute approximate surface area is 385 Å². The summed E-state index contributed by atoms with van der Waals surface area (Å²) >= 11 is 0. The molecule has 0 aliphatic rings. The summed E-state index contributed by atoms with van der Waals surface area (Å²) in [7, 11) is 0. The summed E-state index contributed by atoms with van der Waals surface area (Å²) in [6, 6.07) is 64.8. The van der Waals surface area contributed by atoms with Crippen molar-refractivity contribution in [2.45, 2.75) is 27.7 Å². The van der Waals surface area contributed by atoms with Gasteiger partial charge >= 0.3 is 0 Å². The molecular weight excluding hydrogens is 801 g/mol. The molecule has 4 nitrogen and oxygen atoms in total. The summed E-state index contributed by atoms with van der Waals surface area (Å²) in [5.74, 6) is 0. The summed E-state index contributed by atoms with van der Waals surface area (Å²) in [5.41, 5.74) is 20.5. The van der Waals surface area contributed by atoms with Crippen LogP contribution in [0.2, 0.25) is 0 Å². The molecule has 4 heteroatoms. The summed E-state index contributed by atoms with van der Waals surface area (Å²) < 4.78 is 0. The number of benzene rings is 7. The largest absolute Gasteiger partial charge is 0.246 e. The van der Waals surface area contributed by atoms with Crippen molar-refractivity contribution in [2.24, 2.45) is 0 Å². The van der Waals surface area contributed by atoms with Crippen LogP contribution in [-0.4, -0.2) is 19.9 Å². The van der Waals surface area contributed by atoms with Gasteiger partial charge in [0.05, 0.1) is 44.8 Å². The Kier molecular flexibility index (Phi) is 10.4. The molecule has 4 heterocycles. The maximum atomic E-state index is 5.57. The topological polar surface area (TPSA) is 51.6 Å². The van der Waals surface area contributed by atoms with E-state index in [4.69, 9.17) is 19.9 Å². The van der Waals surface area contributed by atoms with Crippen LogP contribution in [0.25, 0.3) is 123 Å². The molecule has 0 atom stereocenters. The van der Waals surface area contributed by atoms with E-state index in [1.165, 1.54) is 0 Å². The highest BCUT2D eigenvalue weighted by molar-refractivity contribution is 6.14. The predicted molar refractivity (Wildman–Crippen MR) is 279 cm³/mol. The van der Waals surface area contributed by atoms with Crippen LogP contribution in [0, 0.1) is 13.8 Å². The summed E-state index contributed by atoms with van der Waals surface area (Å²) in [6.45, 7) is 8.45. The Morgan fingerprint density at radius 2 is 0.591 bits per heavy atom. The standard InChI is InChI=1S/C62H46N4/c1-5-19-45-35-53(41-21-11-7-12-22-41)47-29-31-49-55(43-25-15-9-16-26-43)37-57(65-61(49)59(47)63-45)51-33-40(4)52(34-39(51)3)58-38-56(44-27-17-10-18-28-44)50-32-30-48-54(42-23-13-8-14-24-42)36-46(20-6-2)64-60(48)62(50)66-58/h5-38H,1-4H3. The lowest BCUT2D eigenvalue weighted by atomic mass is 9.91. The first kappa shape index (κ1) is 40.4. The van der Waals surface area contributed by atoms with Crippen LogP contribution in [0.4, 0.5) is 0 Å². The Bertz CT molecular complexity index is 3460. The summed E-state index contributed by atoms with van der Waals surface area (Å²) in [4.78, 5) is 21.7. The molecule has 7 aromatic carbocycles. The molecule has 0 aliphatic heterocycles. The second-order valence-electron chi connectivity index (χ2n) is 17.0. The molecule has 0 saturated carbocycles. The molecule has 0 amide bonds. The zero-order chi connectivity index (χ0) is 44.7. The van der Waals surface area contributed by atoms with E-state index in [2.05, 4.69) is 208 Å². The molecule has 4 aromatic heterocycles. The van der Waals surface area contributed by atoms with Crippen LogP contribution < -0.4 is 0 Å². The molecular formula is C62H46N4. The van der Waals surface area contributed by atoms with Crippen LogP contribution in [0.15, 0.2) is 194 Å². The van der Waals surface area contributed by atoms with Crippen molar-refractivity contribution < 1.29 is 0 Å². The van der Waals surface area contributed by atoms with Gasteiger partial charge in [0.25, 0.3) is 0 Å². The van der Waals surface area contributed by atoms with Gasteiger partial charge in [-0.05, 0) is 132 Å². The average molecular weight is 847 g/mol. The maximum Gasteiger partial charge on any atom is 0.0978 e. The Morgan fingerprint density at radius 3 is 0.894 bits per heavy atom. The van der Waals surface area contributed by atoms with Crippen molar-refractivity contribution in [3.63, 3.8) is 0 Å². The summed E-state index contributed by atoms with van der Waals surface area (Å²) in [6.07, 6.45) is 8.24. The smallest absolute Gasteiger partial charge is 0.0978 e. The van der Waals surface area contributed by atoms with Crippen LogP contribution in [0.3, 0.4) is 0 Å². The van der Waals surface area contributed by atoms with Gasteiger partial charge in [-0.1, -0.05) is 158 Å². The molecule has 0 N–H and O–H groups in total. The van der Waals surface area contributed by atoms with Gasteiger partial charge in [0, 0.05) is 32.7 Å². The molecule has 0 radical (unpaired) electrons. The number of rotatable bonds is 8. The lowest BCUT2D eigenvalue weighted by Gasteiger charge is -2.18. The van der Waals surface area contributed by atoms with E-state index in [0.29, 0.717) is 0 Å². The van der Waals surface area contributed by atoms with E-state index in [-0.39, 0.29) is 0 Å². The van der Waals surface area contributed by atoms with E-state index < -0.39 is 0 Å². The normalized spacial score (nSPS) is 11.8.